The van der Waals surface area contributed by atoms with Crippen LogP contribution in [0.4, 0.5) is 5.69 Å². The zero-order chi connectivity index (χ0) is 13.0. The minimum Gasteiger partial charge on any atom is -0.508 e. The summed E-state index contributed by atoms with van der Waals surface area (Å²) in [6.45, 7) is 0.213. The number of nitro benzene ring substituents is 1. The van der Waals surface area contributed by atoms with E-state index in [0.717, 1.165) is 5.56 Å². The van der Waals surface area contributed by atoms with Crippen molar-refractivity contribution >= 4 is 5.69 Å². The summed E-state index contributed by atoms with van der Waals surface area (Å²) in [5, 5.41) is 20.1. The van der Waals surface area contributed by atoms with Crippen LogP contribution in [0.3, 0.4) is 0 Å². The fourth-order valence-corrected chi connectivity index (χ4v) is 1.50. The van der Waals surface area contributed by atoms with E-state index in [-0.39, 0.29) is 29.9 Å². The number of phenols is 1. The van der Waals surface area contributed by atoms with E-state index in [4.69, 9.17) is 4.74 Å². The van der Waals surface area contributed by atoms with Crippen LogP contribution in [0.15, 0.2) is 48.5 Å². The lowest BCUT2D eigenvalue weighted by molar-refractivity contribution is -0.386. The lowest BCUT2D eigenvalue weighted by Crippen LogP contribution is -1.98. The van der Waals surface area contributed by atoms with Gasteiger partial charge < -0.3 is 9.84 Å². The summed E-state index contributed by atoms with van der Waals surface area (Å²) in [5.74, 6) is -0.00693. The molecule has 0 unspecified atom stereocenters. The summed E-state index contributed by atoms with van der Waals surface area (Å²) in [7, 11) is 0. The maximum Gasteiger partial charge on any atom is 0.311 e. The molecule has 0 aliphatic heterocycles. The van der Waals surface area contributed by atoms with Crippen LogP contribution in [0, 0.1) is 10.1 Å². The van der Waals surface area contributed by atoms with Crippen LogP contribution in [0.2, 0.25) is 0 Å². The monoisotopic (exact) mass is 259 g/mol. The van der Waals surface area contributed by atoms with E-state index in [1.807, 2.05) is 30.3 Å². The third kappa shape index (κ3) is 3.68. The fourth-order valence-electron chi connectivity index (χ4n) is 1.50. The molecule has 0 saturated carbocycles. The molecule has 6 nitrogen and oxygen atoms in total. The highest BCUT2D eigenvalue weighted by atomic mass is 16.6. The number of benzene rings is 2. The molecule has 0 aliphatic rings. The zero-order valence-electron chi connectivity index (χ0n) is 9.89. The van der Waals surface area contributed by atoms with Crippen molar-refractivity contribution in [1.29, 1.82) is 0 Å². The van der Waals surface area contributed by atoms with E-state index >= 15 is 0 Å². The Kier molecular flexibility index (Phi) is 4.84. The topological polar surface area (TPSA) is 103 Å². The van der Waals surface area contributed by atoms with Crippen LogP contribution >= 0.6 is 0 Å². The molecule has 2 aromatic carbocycles. The van der Waals surface area contributed by atoms with Crippen LogP contribution < -0.4 is 10.9 Å². The van der Waals surface area contributed by atoms with Crippen molar-refractivity contribution in [2.75, 3.05) is 0 Å². The standard InChI is InChI=1S/C13H11NO4.N/c15-11-6-7-12(14(16)17)13(8-11)18-9-10-4-2-1-3-5-10;/h1-8,15H,9H2;. The second-order valence-electron chi connectivity index (χ2n) is 3.68. The zero-order valence-corrected chi connectivity index (χ0v) is 9.89. The molecule has 97 valence electrons. The molecule has 1 N–H and O–H groups in total. The summed E-state index contributed by atoms with van der Waals surface area (Å²) in [5.41, 5.74) is 0.735. The molecule has 3 radical (unpaired) electrons. The molecule has 19 heavy (non-hydrogen) atoms. The predicted molar refractivity (Wildman–Crippen MR) is 67.7 cm³/mol. The summed E-state index contributed by atoms with van der Waals surface area (Å²) in [6, 6.07) is 13.0. The van der Waals surface area contributed by atoms with Gasteiger partial charge in [-0.15, -0.1) is 0 Å². The van der Waals surface area contributed by atoms with Gasteiger partial charge in [0, 0.05) is 18.3 Å². The normalized spacial score (nSPS) is 9.47. The lowest BCUT2D eigenvalue weighted by atomic mass is 10.2. The number of nitrogens with zero attached hydrogens (tertiary/aromatic N) is 2. The maximum absolute atomic E-state index is 10.8. The molecule has 0 fully saturated rings. The average Bonchev–Trinajstić information content (AvgIpc) is 2.37. The van der Waals surface area contributed by atoms with E-state index in [1.165, 1.54) is 18.2 Å². The third-order valence-corrected chi connectivity index (χ3v) is 2.38. The van der Waals surface area contributed by atoms with Crippen molar-refractivity contribution in [3.63, 3.8) is 0 Å². The molecule has 0 atom stereocenters. The Morgan fingerprint density at radius 3 is 2.47 bits per heavy atom. The number of hydrogen-bond acceptors (Lipinski definition) is 4. The largest absolute Gasteiger partial charge is 0.508 e. The van der Waals surface area contributed by atoms with Gasteiger partial charge in [0.25, 0.3) is 0 Å². The summed E-state index contributed by atoms with van der Waals surface area (Å²) >= 11 is 0. The molecule has 0 aliphatic carbocycles. The number of hydrogen-bond donors (Lipinski definition) is 1. The first-order chi connectivity index (χ1) is 8.66. The first-order valence-corrected chi connectivity index (χ1v) is 5.31. The summed E-state index contributed by atoms with van der Waals surface area (Å²) in [4.78, 5) is 10.2. The van der Waals surface area contributed by atoms with Gasteiger partial charge in [-0.2, -0.15) is 0 Å². The van der Waals surface area contributed by atoms with Crippen molar-refractivity contribution in [1.82, 2.24) is 6.15 Å². The van der Waals surface area contributed by atoms with Crippen LogP contribution in [0.5, 0.6) is 11.5 Å². The van der Waals surface area contributed by atoms with Gasteiger partial charge in [-0.25, -0.2) is 0 Å². The SMILES string of the molecule is O=[N+]([O-])c1ccc(O)cc1OCc1ccccc1.[N]. The third-order valence-electron chi connectivity index (χ3n) is 2.38. The highest BCUT2D eigenvalue weighted by Gasteiger charge is 2.15. The van der Waals surface area contributed by atoms with Crippen LogP contribution in [0.1, 0.15) is 5.56 Å². The Morgan fingerprint density at radius 2 is 1.84 bits per heavy atom. The van der Waals surface area contributed by atoms with Gasteiger partial charge in [-0.05, 0) is 11.6 Å². The molecule has 0 bridgehead atoms. The molecule has 2 rings (SSSR count). The molecule has 0 saturated heterocycles. The first kappa shape index (κ1) is 14.5. The van der Waals surface area contributed by atoms with E-state index in [2.05, 4.69) is 0 Å². The number of nitro groups is 1. The lowest BCUT2D eigenvalue weighted by Gasteiger charge is -2.07. The van der Waals surface area contributed by atoms with E-state index in [9.17, 15) is 15.2 Å². The van der Waals surface area contributed by atoms with E-state index < -0.39 is 4.92 Å². The van der Waals surface area contributed by atoms with Crippen molar-refractivity contribution in [2.45, 2.75) is 6.61 Å². The predicted octanol–water partition coefficient (Wildman–Crippen LogP) is 2.40. The van der Waals surface area contributed by atoms with Crippen LogP contribution in [0.25, 0.3) is 0 Å². The van der Waals surface area contributed by atoms with Gasteiger partial charge in [0.2, 0.25) is 5.75 Å². The number of phenolic OH excluding ortho intramolecular Hbond substituents is 1. The van der Waals surface area contributed by atoms with Gasteiger partial charge in [0.15, 0.2) is 0 Å². The van der Waals surface area contributed by atoms with E-state index in [1.54, 1.807) is 0 Å². The van der Waals surface area contributed by atoms with Gasteiger partial charge in [0.1, 0.15) is 12.4 Å². The first-order valence-electron chi connectivity index (χ1n) is 5.31. The quantitative estimate of drug-likeness (QED) is 0.672. The van der Waals surface area contributed by atoms with Gasteiger partial charge in [-0.1, -0.05) is 30.3 Å². The van der Waals surface area contributed by atoms with Crippen molar-refractivity contribution in [3.05, 3.63) is 64.2 Å². The second kappa shape index (κ2) is 6.36. The number of ether oxygens (including phenoxy) is 1. The smallest absolute Gasteiger partial charge is 0.311 e. The Bertz CT molecular complexity index is 558. The van der Waals surface area contributed by atoms with Crippen molar-refractivity contribution < 1.29 is 14.8 Å². The minimum absolute atomic E-state index is 0. The summed E-state index contributed by atoms with van der Waals surface area (Å²) in [6.07, 6.45) is 0. The molecular weight excluding hydrogens is 248 g/mol. The molecule has 6 heteroatoms. The second-order valence-corrected chi connectivity index (χ2v) is 3.68. The van der Waals surface area contributed by atoms with Gasteiger partial charge in [0.05, 0.1) is 4.92 Å². The Morgan fingerprint density at radius 1 is 1.16 bits per heavy atom. The maximum atomic E-state index is 10.8. The molecular formula is C13H11N2O4. The molecule has 2 aromatic rings. The van der Waals surface area contributed by atoms with Gasteiger partial charge in [-0.3, -0.25) is 10.1 Å². The number of aromatic hydroxyl groups is 1. The molecule has 0 aromatic heterocycles. The highest BCUT2D eigenvalue weighted by Crippen LogP contribution is 2.31. The molecule has 0 spiro atoms. The molecule has 0 amide bonds. The van der Waals surface area contributed by atoms with E-state index in [0.29, 0.717) is 0 Å². The van der Waals surface area contributed by atoms with Crippen molar-refractivity contribution in [3.8, 4) is 11.5 Å². The average molecular weight is 259 g/mol. The Balaban J connectivity index is 0.00000180. The minimum atomic E-state index is -0.542. The van der Waals surface area contributed by atoms with Gasteiger partial charge >= 0.3 is 5.69 Å². The molecule has 0 heterocycles. The Hall–Kier alpha value is -2.60. The van der Waals surface area contributed by atoms with Crippen LogP contribution in [-0.4, -0.2) is 10.0 Å². The Labute approximate surface area is 110 Å². The summed E-state index contributed by atoms with van der Waals surface area (Å²) < 4.78 is 5.36. The highest BCUT2D eigenvalue weighted by molar-refractivity contribution is 5.50. The fraction of sp³-hybridized carbons (Fsp3) is 0.0769. The van der Waals surface area contributed by atoms with Crippen molar-refractivity contribution in [2.24, 2.45) is 0 Å². The van der Waals surface area contributed by atoms with Crippen LogP contribution in [-0.2, 0) is 6.61 Å². The number of rotatable bonds is 4.